The van der Waals surface area contributed by atoms with Gasteiger partial charge in [0.1, 0.15) is 6.04 Å². The van der Waals surface area contributed by atoms with Gasteiger partial charge in [-0.05, 0) is 37.8 Å². The molecule has 6 nitrogen and oxygen atoms in total. The Balaban J connectivity index is 0.00000385. The van der Waals surface area contributed by atoms with Crippen molar-refractivity contribution in [2.75, 3.05) is 6.61 Å². The number of alkyl halides is 5. The van der Waals surface area contributed by atoms with Gasteiger partial charge in [-0.3, -0.25) is 9.78 Å². The van der Waals surface area contributed by atoms with Crippen LogP contribution >= 0.6 is 0 Å². The van der Waals surface area contributed by atoms with E-state index < -0.39 is 49.0 Å². The van der Waals surface area contributed by atoms with Crippen LogP contribution in [0.2, 0.25) is 0 Å². The van der Waals surface area contributed by atoms with Crippen LogP contribution in [0.1, 0.15) is 37.5 Å². The second kappa shape index (κ2) is 9.90. The van der Waals surface area contributed by atoms with Crippen LogP contribution < -0.4 is 15.4 Å². The van der Waals surface area contributed by atoms with Crippen LogP contribution in [0.25, 0.3) is 10.9 Å². The summed E-state index contributed by atoms with van der Waals surface area (Å²) >= 11 is 0. The fraction of sp³-hybridized carbons (Fsp3) is 0.500. The predicted octanol–water partition coefficient (Wildman–Crippen LogP) is 3.78. The largest absolute Gasteiger partial charge is 0.432 e. The summed E-state index contributed by atoms with van der Waals surface area (Å²) in [4.78, 5) is 16.5. The lowest BCUT2D eigenvalue weighted by Crippen LogP contribution is -2.51. The van der Waals surface area contributed by atoms with Crippen molar-refractivity contribution in [3.63, 3.8) is 0 Å². The number of carbonyl (C=O) groups is 1. The first kappa shape index (κ1) is 24.1. The second-order valence-electron chi connectivity index (χ2n) is 7.54. The fourth-order valence-electron chi connectivity index (χ4n) is 3.65. The SMILES string of the molecule is O=C(NC1CCC(N[C@H](CO)C(F)(F)F)CC1)c1cnc2cc(OC(F)F)c(F)cc2c1.[HH]. The maximum absolute atomic E-state index is 13.9. The number of aromatic nitrogens is 1. The number of rotatable bonds is 7. The summed E-state index contributed by atoms with van der Waals surface area (Å²) < 4.78 is 81.0. The number of hydrogen-bond acceptors (Lipinski definition) is 5. The maximum Gasteiger partial charge on any atom is 0.406 e. The molecule has 1 aliphatic rings. The average molecular weight is 467 g/mol. The average Bonchev–Trinajstić information content (AvgIpc) is 2.72. The van der Waals surface area contributed by atoms with Gasteiger partial charge in [0.25, 0.3) is 5.91 Å². The quantitative estimate of drug-likeness (QED) is 0.540. The van der Waals surface area contributed by atoms with E-state index in [1.807, 2.05) is 0 Å². The number of benzene rings is 1. The molecule has 0 saturated heterocycles. The number of nitrogens with one attached hydrogen (secondary N) is 2. The Bertz CT molecular complexity index is 955. The smallest absolute Gasteiger partial charge is 0.406 e. The molecule has 2 aromatic rings. The molecule has 32 heavy (non-hydrogen) atoms. The second-order valence-corrected chi connectivity index (χ2v) is 7.54. The third-order valence-corrected chi connectivity index (χ3v) is 5.29. The molecule has 0 radical (unpaired) electrons. The molecule has 0 aliphatic heterocycles. The zero-order valence-electron chi connectivity index (χ0n) is 16.6. The number of fused-ring (bicyclic) bond motifs is 1. The van der Waals surface area contributed by atoms with Crippen LogP contribution in [0.4, 0.5) is 26.3 Å². The molecule has 0 bridgehead atoms. The highest BCUT2D eigenvalue weighted by Crippen LogP contribution is 2.27. The summed E-state index contributed by atoms with van der Waals surface area (Å²) in [7, 11) is 0. The van der Waals surface area contributed by atoms with Gasteiger partial charge in [-0.15, -0.1) is 0 Å². The van der Waals surface area contributed by atoms with Crippen molar-refractivity contribution in [1.29, 1.82) is 0 Å². The molecule has 1 aromatic carbocycles. The molecule has 1 aliphatic carbocycles. The van der Waals surface area contributed by atoms with E-state index in [0.29, 0.717) is 25.7 Å². The molecule has 1 atom stereocenters. The van der Waals surface area contributed by atoms with Gasteiger partial charge in [0.15, 0.2) is 11.6 Å². The number of nitrogens with zero attached hydrogens (tertiary/aromatic N) is 1. The number of ether oxygens (including phenoxy) is 1. The molecular weight excluding hydrogens is 444 g/mol. The van der Waals surface area contributed by atoms with E-state index in [9.17, 15) is 31.1 Å². The van der Waals surface area contributed by atoms with Crippen LogP contribution in [0.15, 0.2) is 24.4 Å². The van der Waals surface area contributed by atoms with E-state index in [1.54, 1.807) is 0 Å². The minimum atomic E-state index is -4.55. The maximum atomic E-state index is 13.9. The molecule has 1 amide bonds. The van der Waals surface area contributed by atoms with Crippen LogP contribution in [0.3, 0.4) is 0 Å². The summed E-state index contributed by atoms with van der Waals surface area (Å²) in [5.41, 5.74) is 0.283. The standard InChI is InChI=1S/C20H21F6N3O3.H2/c21-14-6-10-5-11(8-27-15(10)7-16(14)32-19(22)23)18(31)29-13-3-1-12(2-4-13)28-17(9-30)20(24,25)26;/h5-8,12-13,17,19,28,30H,1-4,9H2,(H,29,31);1H/t12?,13?,17-;/m1./s1. The summed E-state index contributed by atoms with van der Waals surface area (Å²) in [5, 5.41) is 14.3. The van der Waals surface area contributed by atoms with Gasteiger partial charge in [0.2, 0.25) is 0 Å². The lowest BCUT2D eigenvalue weighted by molar-refractivity contribution is -0.166. The van der Waals surface area contributed by atoms with Crippen LogP contribution in [0, 0.1) is 5.82 Å². The molecule has 1 heterocycles. The minimum absolute atomic E-state index is 0. The first-order chi connectivity index (χ1) is 15.1. The Labute approximate surface area is 180 Å². The molecular formula is C20H23F6N3O3. The van der Waals surface area contributed by atoms with E-state index in [4.69, 9.17) is 5.11 Å². The van der Waals surface area contributed by atoms with E-state index in [-0.39, 0.29) is 23.9 Å². The highest BCUT2D eigenvalue weighted by molar-refractivity contribution is 5.97. The molecule has 1 saturated carbocycles. The van der Waals surface area contributed by atoms with Crippen molar-refractivity contribution in [2.24, 2.45) is 0 Å². The van der Waals surface area contributed by atoms with Gasteiger partial charge in [-0.1, -0.05) is 0 Å². The number of amides is 1. The minimum Gasteiger partial charge on any atom is -0.432 e. The molecule has 0 unspecified atom stereocenters. The van der Waals surface area contributed by atoms with Gasteiger partial charge in [0.05, 0.1) is 17.7 Å². The number of pyridine rings is 1. The summed E-state index contributed by atoms with van der Waals surface area (Å²) in [6, 6.07) is 0.605. The van der Waals surface area contributed by atoms with E-state index in [2.05, 4.69) is 20.4 Å². The summed E-state index contributed by atoms with van der Waals surface area (Å²) in [5.74, 6) is -2.17. The Hall–Kier alpha value is -2.60. The Morgan fingerprint density at radius 2 is 1.84 bits per heavy atom. The van der Waals surface area contributed by atoms with Crippen molar-refractivity contribution in [1.82, 2.24) is 15.6 Å². The van der Waals surface area contributed by atoms with Gasteiger partial charge in [-0.25, -0.2) is 4.39 Å². The number of halogens is 6. The van der Waals surface area contributed by atoms with E-state index in [0.717, 1.165) is 12.1 Å². The Morgan fingerprint density at radius 3 is 2.44 bits per heavy atom. The number of hydrogen-bond donors (Lipinski definition) is 3. The third kappa shape index (κ3) is 6.00. The molecule has 3 rings (SSSR count). The molecule has 1 aromatic heterocycles. The zero-order chi connectivity index (χ0) is 23.5. The van der Waals surface area contributed by atoms with Gasteiger partial charge < -0.3 is 20.5 Å². The van der Waals surface area contributed by atoms with Gasteiger partial charge in [0, 0.05) is 31.2 Å². The summed E-state index contributed by atoms with van der Waals surface area (Å²) in [6.07, 6.45) is -1.71. The molecule has 178 valence electrons. The van der Waals surface area contributed by atoms with E-state index >= 15 is 0 Å². The number of aliphatic hydroxyl groups excluding tert-OH is 1. The van der Waals surface area contributed by atoms with Crippen LogP contribution in [0.5, 0.6) is 5.75 Å². The van der Waals surface area contributed by atoms with Crippen LogP contribution in [-0.4, -0.2) is 53.5 Å². The molecule has 12 heteroatoms. The van der Waals surface area contributed by atoms with Crippen molar-refractivity contribution < 1.29 is 42.4 Å². The van der Waals surface area contributed by atoms with Crippen LogP contribution in [-0.2, 0) is 0 Å². The third-order valence-electron chi connectivity index (χ3n) is 5.29. The highest BCUT2D eigenvalue weighted by atomic mass is 19.4. The van der Waals surface area contributed by atoms with Gasteiger partial charge in [-0.2, -0.15) is 22.0 Å². The van der Waals surface area contributed by atoms with Crippen molar-refractivity contribution in [3.05, 3.63) is 35.8 Å². The number of aliphatic hydroxyl groups is 1. The Morgan fingerprint density at radius 1 is 1.19 bits per heavy atom. The molecule has 1 fully saturated rings. The topological polar surface area (TPSA) is 83.5 Å². The monoisotopic (exact) mass is 467 g/mol. The highest BCUT2D eigenvalue weighted by Gasteiger charge is 2.40. The Kier molecular flexibility index (Phi) is 7.44. The first-order valence-electron chi connectivity index (χ1n) is 9.85. The first-order valence-corrected chi connectivity index (χ1v) is 9.85. The predicted molar refractivity (Wildman–Crippen MR) is 104 cm³/mol. The fourth-order valence-corrected chi connectivity index (χ4v) is 3.65. The normalized spacial score (nSPS) is 20.4. The summed E-state index contributed by atoms with van der Waals surface area (Å²) in [6.45, 7) is -4.24. The molecule has 0 spiro atoms. The lowest BCUT2D eigenvalue weighted by atomic mass is 9.90. The lowest BCUT2D eigenvalue weighted by Gasteiger charge is -2.32. The van der Waals surface area contributed by atoms with Crippen molar-refractivity contribution in [2.45, 2.75) is 56.6 Å². The molecule has 3 N–H and O–H groups in total. The van der Waals surface area contributed by atoms with Crippen molar-refractivity contribution >= 4 is 16.8 Å². The number of carbonyl (C=O) groups excluding carboxylic acids is 1. The zero-order valence-corrected chi connectivity index (χ0v) is 16.6. The van der Waals surface area contributed by atoms with E-state index in [1.165, 1.54) is 12.3 Å². The van der Waals surface area contributed by atoms with Crippen molar-refractivity contribution in [3.8, 4) is 5.75 Å². The van der Waals surface area contributed by atoms with Gasteiger partial charge >= 0.3 is 12.8 Å².